The molecule has 0 aromatic carbocycles. The Labute approximate surface area is 148 Å². The summed E-state index contributed by atoms with van der Waals surface area (Å²) < 4.78 is 7.01. The Morgan fingerprint density at radius 2 is 2.24 bits per heavy atom. The van der Waals surface area contributed by atoms with Crippen LogP contribution < -0.4 is 5.32 Å². The molecule has 1 aliphatic heterocycles. The lowest BCUT2D eigenvalue weighted by atomic mass is 9.99. The van der Waals surface area contributed by atoms with Gasteiger partial charge < -0.3 is 15.0 Å². The molecule has 0 radical (unpaired) electrons. The number of nitrogens with zero attached hydrogens (tertiary/aromatic N) is 4. The van der Waals surface area contributed by atoms with Crippen molar-refractivity contribution in [2.24, 2.45) is 5.92 Å². The molecule has 134 valence electrons. The second-order valence-corrected chi connectivity index (χ2v) is 6.58. The first-order valence-corrected chi connectivity index (χ1v) is 8.61. The van der Waals surface area contributed by atoms with Crippen LogP contribution in [0.5, 0.6) is 0 Å². The number of urea groups is 1. The molecule has 1 N–H and O–H groups in total. The van der Waals surface area contributed by atoms with E-state index in [9.17, 15) is 4.79 Å². The number of likely N-dealkylation sites (tertiary alicyclic amines) is 1. The third-order valence-electron chi connectivity index (χ3n) is 4.43. The van der Waals surface area contributed by atoms with Crippen molar-refractivity contribution in [3.05, 3.63) is 35.8 Å². The van der Waals surface area contributed by atoms with Gasteiger partial charge in [0.25, 0.3) is 0 Å². The highest BCUT2D eigenvalue weighted by Gasteiger charge is 2.23. The molecule has 7 heteroatoms. The van der Waals surface area contributed by atoms with Crippen molar-refractivity contribution in [1.29, 1.82) is 0 Å². The number of carbonyl (C=O) groups is 1. The number of aryl methyl sites for hydroxylation is 2. The van der Waals surface area contributed by atoms with Crippen molar-refractivity contribution in [1.82, 2.24) is 19.7 Å². The number of hydrogen-bond donors (Lipinski definition) is 1. The Morgan fingerprint density at radius 1 is 1.40 bits per heavy atom. The molecule has 3 heterocycles. The number of anilines is 1. The first kappa shape index (κ1) is 17.4. The van der Waals surface area contributed by atoms with E-state index in [2.05, 4.69) is 15.4 Å². The fraction of sp³-hybridized carbons (Fsp3) is 0.500. The van der Waals surface area contributed by atoms with E-state index in [1.54, 1.807) is 18.0 Å². The zero-order valence-electron chi connectivity index (χ0n) is 15.0. The van der Waals surface area contributed by atoms with Gasteiger partial charge in [0.05, 0.1) is 24.2 Å². The molecule has 1 atom stereocenters. The topological polar surface area (TPSA) is 72.3 Å². The second kappa shape index (κ2) is 7.65. The van der Waals surface area contributed by atoms with Crippen LogP contribution >= 0.6 is 0 Å². The lowest BCUT2D eigenvalue weighted by Crippen LogP contribution is -2.43. The minimum atomic E-state index is -0.0820. The smallest absolute Gasteiger partial charge is 0.321 e. The molecule has 0 aliphatic carbocycles. The molecule has 1 fully saturated rings. The van der Waals surface area contributed by atoms with Gasteiger partial charge >= 0.3 is 6.03 Å². The van der Waals surface area contributed by atoms with Crippen molar-refractivity contribution >= 4 is 11.7 Å². The SMILES string of the molecule is COCC1CCCN(C(=O)Nc2ccc(-n3nc(C)cc3C)nc2)C1. The second-order valence-electron chi connectivity index (χ2n) is 6.58. The molecular weight excluding hydrogens is 318 g/mol. The van der Waals surface area contributed by atoms with Gasteiger partial charge in [0.2, 0.25) is 0 Å². The van der Waals surface area contributed by atoms with E-state index in [0.717, 1.165) is 43.1 Å². The maximum Gasteiger partial charge on any atom is 0.321 e. The summed E-state index contributed by atoms with van der Waals surface area (Å²) in [4.78, 5) is 18.7. The van der Waals surface area contributed by atoms with Gasteiger partial charge in [-0.05, 0) is 44.9 Å². The maximum atomic E-state index is 12.5. The number of nitrogens with one attached hydrogen (secondary N) is 1. The van der Waals surface area contributed by atoms with Crippen molar-refractivity contribution in [3.8, 4) is 5.82 Å². The normalized spacial score (nSPS) is 17.6. The van der Waals surface area contributed by atoms with Crippen LogP contribution in [0.4, 0.5) is 10.5 Å². The molecule has 1 saturated heterocycles. The molecule has 25 heavy (non-hydrogen) atoms. The molecule has 0 saturated carbocycles. The lowest BCUT2D eigenvalue weighted by Gasteiger charge is -2.32. The highest BCUT2D eigenvalue weighted by atomic mass is 16.5. The third-order valence-corrected chi connectivity index (χ3v) is 4.43. The number of aromatic nitrogens is 3. The van der Waals surface area contributed by atoms with Crippen LogP contribution in [0.25, 0.3) is 5.82 Å². The molecule has 2 amide bonds. The fourth-order valence-electron chi connectivity index (χ4n) is 3.27. The van der Waals surface area contributed by atoms with Crippen molar-refractivity contribution < 1.29 is 9.53 Å². The van der Waals surface area contributed by atoms with Crippen LogP contribution in [-0.2, 0) is 4.74 Å². The lowest BCUT2D eigenvalue weighted by molar-refractivity contribution is 0.104. The Balaban J connectivity index is 1.63. The maximum absolute atomic E-state index is 12.5. The van der Waals surface area contributed by atoms with Crippen LogP contribution in [0, 0.1) is 19.8 Å². The van der Waals surface area contributed by atoms with E-state index in [0.29, 0.717) is 18.2 Å². The Kier molecular flexibility index (Phi) is 5.33. The summed E-state index contributed by atoms with van der Waals surface area (Å²) in [6.45, 7) is 6.15. The minimum Gasteiger partial charge on any atom is -0.384 e. The van der Waals surface area contributed by atoms with Crippen molar-refractivity contribution in [2.45, 2.75) is 26.7 Å². The van der Waals surface area contributed by atoms with Crippen molar-refractivity contribution in [3.63, 3.8) is 0 Å². The molecular formula is C18H25N5O2. The van der Waals surface area contributed by atoms with E-state index < -0.39 is 0 Å². The monoisotopic (exact) mass is 343 g/mol. The number of hydrogen-bond acceptors (Lipinski definition) is 4. The number of amides is 2. The summed E-state index contributed by atoms with van der Waals surface area (Å²) in [6, 6.07) is 5.64. The molecule has 3 rings (SSSR count). The summed E-state index contributed by atoms with van der Waals surface area (Å²) >= 11 is 0. The number of pyridine rings is 1. The summed E-state index contributed by atoms with van der Waals surface area (Å²) in [5.41, 5.74) is 2.66. The highest BCUT2D eigenvalue weighted by molar-refractivity contribution is 5.89. The summed E-state index contributed by atoms with van der Waals surface area (Å²) in [7, 11) is 1.70. The van der Waals surface area contributed by atoms with E-state index in [1.807, 2.05) is 36.9 Å². The van der Waals surface area contributed by atoms with E-state index in [1.165, 1.54) is 0 Å². The van der Waals surface area contributed by atoms with Gasteiger partial charge in [-0.1, -0.05) is 0 Å². The molecule has 0 bridgehead atoms. The van der Waals surface area contributed by atoms with Crippen molar-refractivity contribution in [2.75, 3.05) is 32.1 Å². The molecule has 1 unspecified atom stereocenters. The summed E-state index contributed by atoms with van der Waals surface area (Å²) in [5.74, 6) is 1.15. The molecule has 2 aromatic rings. The van der Waals surface area contributed by atoms with Gasteiger partial charge in [0.1, 0.15) is 0 Å². The van der Waals surface area contributed by atoms with Crippen LogP contribution in [0.2, 0.25) is 0 Å². The standard InChI is InChI=1S/C18H25N5O2/c1-13-9-14(2)23(21-13)17-7-6-16(10-19-17)20-18(24)22-8-4-5-15(11-22)12-25-3/h6-7,9-10,15H,4-5,8,11-12H2,1-3H3,(H,20,24). The quantitative estimate of drug-likeness (QED) is 0.926. The van der Waals surface area contributed by atoms with Crippen LogP contribution in [0.1, 0.15) is 24.2 Å². The fourth-order valence-corrected chi connectivity index (χ4v) is 3.27. The Bertz CT molecular complexity index is 724. The van der Waals surface area contributed by atoms with Gasteiger partial charge in [-0.3, -0.25) is 0 Å². The van der Waals surface area contributed by atoms with Gasteiger partial charge in [-0.15, -0.1) is 0 Å². The average Bonchev–Trinajstić information content (AvgIpc) is 2.94. The minimum absolute atomic E-state index is 0.0820. The van der Waals surface area contributed by atoms with Gasteiger partial charge in [-0.25, -0.2) is 14.5 Å². The van der Waals surface area contributed by atoms with Crippen LogP contribution in [0.15, 0.2) is 24.4 Å². The molecule has 0 spiro atoms. The predicted molar refractivity (Wildman–Crippen MR) is 96.0 cm³/mol. The average molecular weight is 343 g/mol. The van der Waals surface area contributed by atoms with E-state index in [4.69, 9.17) is 4.74 Å². The predicted octanol–water partition coefficient (Wildman–Crippen LogP) is 2.77. The van der Waals surface area contributed by atoms with E-state index in [-0.39, 0.29) is 6.03 Å². The summed E-state index contributed by atoms with van der Waals surface area (Å²) in [6.07, 6.45) is 3.79. The van der Waals surface area contributed by atoms with Crippen LogP contribution in [-0.4, -0.2) is 52.5 Å². The number of rotatable bonds is 4. The number of carbonyl (C=O) groups excluding carboxylic acids is 1. The van der Waals surface area contributed by atoms with Gasteiger partial charge in [0, 0.05) is 31.8 Å². The molecule has 1 aliphatic rings. The van der Waals surface area contributed by atoms with Gasteiger partial charge in [0.15, 0.2) is 5.82 Å². The summed E-state index contributed by atoms with van der Waals surface area (Å²) in [5, 5.41) is 7.34. The molecule has 2 aromatic heterocycles. The molecule has 7 nitrogen and oxygen atoms in total. The first-order chi connectivity index (χ1) is 12.1. The number of piperidine rings is 1. The Morgan fingerprint density at radius 3 is 2.88 bits per heavy atom. The first-order valence-electron chi connectivity index (χ1n) is 8.61. The number of methoxy groups -OCH3 is 1. The van der Waals surface area contributed by atoms with Gasteiger partial charge in [-0.2, -0.15) is 5.10 Å². The largest absolute Gasteiger partial charge is 0.384 e. The zero-order chi connectivity index (χ0) is 17.8. The van der Waals surface area contributed by atoms with E-state index >= 15 is 0 Å². The van der Waals surface area contributed by atoms with Crippen LogP contribution in [0.3, 0.4) is 0 Å². The highest BCUT2D eigenvalue weighted by Crippen LogP contribution is 2.18. The Hall–Kier alpha value is -2.41. The third kappa shape index (κ3) is 4.17. The number of ether oxygens (including phenoxy) is 1. The zero-order valence-corrected chi connectivity index (χ0v) is 15.0.